The van der Waals surface area contributed by atoms with Crippen LogP contribution in [0, 0.1) is 0 Å². The fraction of sp³-hybridized carbons (Fsp3) is 0.0625. The molecule has 0 aliphatic carbocycles. The number of fused-ring (bicyclic) bond motifs is 1. The first kappa shape index (κ1) is 12.7. The van der Waals surface area contributed by atoms with Crippen molar-refractivity contribution in [3.63, 3.8) is 0 Å². The van der Waals surface area contributed by atoms with Crippen LogP contribution in [0.1, 0.15) is 15.2 Å². The van der Waals surface area contributed by atoms with Crippen molar-refractivity contribution >= 4 is 27.4 Å². The van der Waals surface area contributed by atoms with Gasteiger partial charge in [-0.2, -0.15) is 0 Å². The van der Waals surface area contributed by atoms with E-state index in [2.05, 4.69) is 0 Å². The lowest BCUT2D eigenvalue weighted by Gasteiger charge is -2.03. The Hall–Kier alpha value is -2.33. The van der Waals surface area contributed by atoms with Crippen LogP contribution in [0.25, 0.3) is 10.1 Å². The van der Waals surface area contributed by atoms with Crippen molar-refractivity contribution in [1.29, 1.82) is 0 Å². The third kappa shape index (κ3) is 2.38. The summed E-state index contributed by atoms with van der Waals surface area (Å²) >= 11 is 1.24. The van der Waals surface area contributed by atoms with E-state index < -0.39 is 5.97 Å². The number of aromatic hydroxyl groups is 1. The molecule has 0 spiro atoms. The number of ether oxygens (including phenoxy) is 1. The zero-order chi connectivity index (χ0) is 13.9. The molecule has 3 rings (SSSR count). The van der Waals surface area contributed by atoms with Gasteiger partial charge in [-0.1, -0.05) is 42.5 Å². The molecular formula is C16H12O3S. The summed E-state index contributed by atoms with van der Waals surface area (Å²) in [6.45, 7) is 0.202. The van der Waals surface area contributed by atoms with Crippen LogP contribution >= 0.6 is 11.3 Å². The summed E-state index contributed by atoms with van der Waals surface area (Å²) in [6.07, 6.45) is 0. The van der Waals surface area contributed by atoms with Crippen LogP contribution in [-0.2, 0) is 11.3 Å². The van der Waals surface area contributed by atoms with Crippen LogP contribution in [0.15, 0.2) is 54.6 Å². The highest BCUT2D eigenvalue weighted by atomic mass is 32.1. The lowest BCUT2D eigenvalue weighted by molar-refractivity contribution is 0.0476. The van der Waals surface area contributed by atoms with Gasteiger partial charge < -0.3 is 9.84 Å². The number of thiophene rings is 1. The van der Waals surface area contributed by atoms with Gasteiger partial charge in [0.2, 0.25) is 0 Å². The van der Waals surface area contributed by atoms with Crippen LogP contribution in [0.4, 0.5) is 0 Å². The van der Waals surface area contributed by atoms with Crippen molar-refractivity contribution in [3.8, 4) is 5.75 Å². The van der Waals surface area contributed by atoms with Gasteiger partial charge in [-0.05, 0) is 17.7 Å². The molecule has 1 heterocycles. The predicted molar refractivity (Wildman–Crippen MR) is 79.1 cm³/mol. The molecule has 0 saturated carbocycles. The Labute approximate surface area is 120 Å². The number of esters is 1. The molecule has 100 valence electrons. The fourth-order valence-corrected chi connectivity index (χ4v) is 2.95. The molecule has 0 aliphatic heterocycles. The normalized spacial score (nSPS) is 10.6. The summed E-state index contributed by atoms with van der Waals surface area (Å²) in [5.74, 6) is -0.490. The van der Waals surface area contributed by atoms with E-state index in [-0.39, 0.29) is 17.2 Å². The molecule has 4 heteroatoms. The average Bonchev–Trinajstić information content (AvgIpc) is 2.84. The minimum absolute atomic E-state index is 0.00339. The zero-order valence-electron chi connectivity index (χ0n) is 10.6. The largest absolute Gasteiger partial charge is 0.505 e. The first-order chi connectivity index (χ1) is 9.75. The Morgan fingerprint density at radius 3 is 2.50 bits per heavy atom. The highest BCUT2D eigenvalue weighted by Gasteiger charge is 2.18. The number of benzene rings is 2. The molecule has 0 radical (unpaired) electrons. The number of hydrogen-bond donors (Lipinski definition) is 1. The molecule has 0 bridgehead atoms. The topological polar surface area (TPSA) is 46.5 Å². The standard InChI is InChI=1S/C16H12O3S/c17-14-12-8-4-5-9-13(12)20-15(14)16(18)19-10-11-6-2-1-3-7-11/h1-9,17H,10H2. The highest BCUT2D eigenvalue weighted by Crippen LogP contribution is 2.37. The molecule has 0 saturated heterocycles. The van der Waals surface area contributed by atoms with Crippen molar-refractivity contribution in [3.05, 3.63) is 65.0 Å². The minimum atomic E-state index is -0.493. The van der Waals surface area contributed by atoms with E-state index in [0.717, 1.165) is 10.3 Å². The first-order valence-electron chi connectivity index (χ1n) is 6.17. The van der Waals surface area contributed by atoms with E-state index in [0.29, 0.717) is 5.39 Å². The van der Waals surface area contributed by atoms with E-state index in [1.807, 2.05) is 48.5 Å². The van der Waals surface area contributed by atoms with E-state index in [1.54, 1.807) is 6.07 Å². The predicted octanol–water partition coefficient (Wildman–Crippen LogP) is 3.96. The molecule has 20 heavy (non-hydrogen) atoms. The van der Waals surface area contributed by atoms with E-state index in [9.17, 15) is 9.90 Å². The second-order valence-electron chi connectivity index (χ2n) is 4.34. The van der Waals surface area contributed by atoms with Crippen molar-refractivity contribution in [2.45, 2.75) is 6.61 Å². The Balaban J connectivity index is 1.81. The van der Waals surface area contributed by atoms with Gasteiger partial charge in [0, 0.05) is 10.1 Å². The highest BCUT2D eigenvalue weighted by molar-refractivity contribution is 7.21. The van der Waals surface area contributed by atoms with Crippen LogP contribution in [0.5, 0.6) is 5.75 Å². The minimum Gasteiger partial charge on any atom is -0.505 e. The Morgan fingerprint density at radius 1 is 1.05 bits per heavy atom. The first-order valence-corrected chi connectivity index (χ1v) is 6.99. The molecule has 0 atom stereocenters. The van der Waals surface area contributed by atoms with Gasteiger partial charge in [0.15, 0.2) is 4.88 Å². The summed E-state index contributed by atoms with van der Waals surface area (Å²) in [5.41, 5.74) is 0.918. The van der Waals surface area contributed by atoms with Crippen LogP contribution in [0.3, 0.4) is 0 Å². The van der Waals surface area contributed by atoms with Gasteiger partial charge in [-0.3, -0.25) is 0 Å². The van der Waals surface area contributed by atoms with E-state index >= 15 is 0 Å². The molecular weight excluding hydrogens is 272 g/mol. The van der Waals surface area contributed by atoms with Gasteiger partial charge in [-0.15, -0.1) is 11.3 Å². The summed E-state index contributed by atoms with van der Waals surface area (Å²) in [6, 6.07) is 16.8. The Bertz CT molecular complexity index is 747. The second kappa shape index (κ2) is 5.35. The molecule has 0 fully saturated rings. The maximum Gasteiger partial charge on any atom is 0.352 e. The fourth-order valence-electron chi connectivity index (χ4n) is 1.96. The van der Waals surface area contributed by atoms with Crippen molar-refractivity contribution < 1.29 is 14.6 Å². The second-order valence-corrected chi connectivity index (χ2v) is 5.39. The maximum absolute atomic E-state index is 12.0. The monoisotopic (exact) mass is 284 g/mol. The van der Waals surface area contributed by atoms with Crippen LogP contribution in [-0.4, -0.2) is 11.1 Å². The lowest BCUT2D eigenvalue weighted by atomic mass is 10.2. The maximum atomic E-state index is 12.0. The SMILES string of the molecule is O=C(OCc1ccccc1)c1sc2ccccc2c1O. The van der Waals surface area contributed by atoms with Crippen molar-refractivity contribution in [2.24, 2.45) is 0 Å². The Morgan fingerprint density at radius 2 is 1.75 bits per heavy atom. The smallest absolute Gasteiger partial charge is 0.352 e. The van der Waals surface area contributed by atoms with Gasteiger partial charge in [0.1, 0.15) is 12.4 Å². The molecule has 0 amide bonds. The molecule has 1 aromatic heterocycles. The third-order valence-corrected chi connectivity index (χ3v) is 4.11. The van der Waals surface area contributed by atoms with Crippen molar-refractivity contribution in [1.82, 2.24) is 0 Å². The average molecular weight is 284 g/mol. The summed E-state index contributed by atoms with van der Waals surface area (Å²) in [4.78, 5) is 12.3. The van der Waals surface area contributed by atoms with E-state index in [1.165, 1.54) is 11.3 Å². The van der Waals surface area contributed by atoms with Crippen molar-refractivity contribution in [2.75, 3.05) is 0 Å². The van der Waals surface area contributed by atoms with Gasteiger partial charge in [0.05, 0.1) is 0 Å². The molecule has 0 aliphatic rings. The number of carbonyl (C=O) groups is 1. The lowest BCUT2D eigenvalue weighted by Crippen LogP contribution is -2.03. The molecule has 1 N–H and O–H groups in total. The van der Waals surface area contributed by atoms with Gasteiger partial charge >= 0.3 is 5.97 Å². The summed E-state index contributed by atoms with van der Waals surface area (Å²) in [7, 11) is 0. The number of hydrogen-bond acceptors (Lipinski definition) is 4. The molecule has 0 unspecified atom stereocenters. The van der Waals surface area contributed by atoms with Crippen LogP contribution < -0.4 is 0 Å². The van der Waals surface area contributed by atoms with Crippen LogP contribution in [0.2, 0.25) is 0 Å². The molecule has 3 aromatic rings. The summed E-state index contributed by atoms with van der Waals surface area (Å²) in [5, 5.41) is 10.8. The number of rotatable bonds is 3. The summed E-state index contributed by atoms with van der Waals surface area (Å²) < 4.78 is 6.11. The number of carbonyl (C=O) groups excluding carboxylic acids is 1. The van der Waals surface area contributed by atoms with Gasteiger partial charge in [-0.25, -0.2) is 4.79 Å². The zero-order valence-corrected chi connectivity index (χ0v) is 11.4. The molecule has 2 aromatic carbocycles. The quantitative estimate of drug-likeness (QED) is 0.740. The Kier molecular flexibility index (Phi) is 3.39. The third-order valence-electron chi connectivity index (χ3n) is 2.97. The van der Waals surface area contributed by atoms with E-state index in [4.69, 9.17) is 4.74 Å². The van der Waals surface area contributed by atoms with Gasteiger partial charge in [0.25, 0.3) is 0 Å². The molecule has 3 nitrogen and oxygen atoms in total.